The van der Waals surface area contributed by atoms with E-state index in [0.717, 1.165) is 0 Å². The number of benzene rings is 1. The maximum absolute atomic E-state index is 12.8. The molecule has 1 fully saturated rings. The molecule has 0 N–H and O–H groups in total. The lowest BCUT2D eigenvalue weighted by atomic mass is 10.2. The highest BCUT2D eigenvalue weighted by Gasteiger charge is 2.33. The van der Waals surface area contributed by atoms with Crippen molar-refractivity contribution in [1.29, 1.82) is 0 Å². The first-order valence-electron chi connectivity index (χ1n) is 8.26. The molecule has 27 heavy (non-hydrogen) atoms. The van der Waals surface area contributed by atoms with Crippen molar-refractivity contribution in [3.63, 3.8) is 0 Å². The predicted octanol–water partition coefficient (Wildman–Crippen LogP) is 1.58. The highest BCUT2D eigenvalue weighted by molar-refractivity contribution is 7.89. The lowest BCUT2D eigenvalue weighted by Crippen LogP contribution is -2.31. The van der Waals surface area contributed by atoms with Crippen molar-refractivity contribution in [1.82, 2.24) is 4.31 Å². The number of esters is 1. The van der Waals surface area contributed by atoms with Gasteiger partial charge in [-0.25, -0.2) is 18.0 Å². The predicted molar refractivity (Wildman–Crippen MR) is 95.3 cm³/mol. The Morgan fingerprint density at radius 2 is 1.93 bits per heavy atom. The molecule has 144 valence electrons. The van der Waals surface area contributed by atoms with E-state index in [4.69, 9.17) is 9.15 Å². The van der Waals surface area contributed by atoms with Gasteiger partial charge in [0.15, 0.2) is 0 Å². The third-order valence-corrected chi connectivity index (χ3v) is 6.07. The number of carbonyl (C=O) groups excluding carboxylic acids is 1. The fraction of sp³-hybridized carbons (Fsp3) is 0.333. The van der Waals surface area contributed by atoms with Crippen LogP contribution < -0.4 is 10.4 Å². The molecule has 1 aliphatic rings. The second-order valence-electron chi connectivity index (χ2n) is 6.13. The highest BCUT2D eigenvalue weighted by Crippen LogP contribution is 2.24. The quantitative estimate of drug-likeness (QED) is 0.711. The van der Waals surface area contributed by atoms with E-state index >= 15 is 0 Å². The van der Waals surface area contributed by atoms with E-state index in [2.05, 4.69) is 4.74 Å². The maximum atomic E-state index is 12.8. The van der Waals surface area contributed by atoms with Crippen LogP contribution in [0.15, 0.2) is 50.5 Å². The monoisotopic (exact) mass is 393 g/mol. The average Bonchev–Trinajstić information content (AvgIpc) is 3.09. The Kier molecular flexibility index (Phi) is 5.33. The first kappa shape index (κ1) is 19.1. The molecule has 1 saturated heterocycles. The van der Waals surface area contributed by atoms with E-state index in [0.29, 0.717) is 24.5 Å². The Bertz CT molecular complexity index is 995. The first-order chi connectivity index (χ1) is 12.8. The molecule has 9 heteroatoms. The number of aryl methyl sites for hydroxylation is 1. The minimum atomic E-state index is -3.71. The molecule has 1 aliphatic heterocycles. The summed E-state index contributed by atoms with van der Waals surface area (Å²) >= 11 is 0. The van der Waals surface area contributed by atoms with E-state index < -0.39 is 21.6 Å². The van der Waals surface area contributed by atoms with Crippen LogP contribution in [-0.2, 0) is 14.8 Å². The molecule has 0 aliphatic carbocycles. The Labute approximate surface area is 156 Å². The number of nitrogens with zero attached hydrogens (tertiary/aromatic N) is 1. The lowest BCUT2D eigenvalue weighted by molar-refractivity contribution is 0.0600. The second-order valence-corrected chi connectivity index (χ2v) is 8.07. The summed E-state index contributed by atoms with van der Waals surface area (Å²) in [4.78, 5) is 23.0. The van der Waals surface area contributed by atoms with Crippen LogP contribution in [0.1, 0.15) is 22.5 Å². The van der Waals surface area contributed by atoms with Gasteiger partial charge in [-0.2, -0.15) is 4.31 Å². The topological polar surface area (TPSA) is 103 Å². The van der Waals surface area contributed by atoms with Gasteiger partial charge in [0.2, 0.25) is 10.0 Å². The van der Waals surface area contributed by atoms with Crippen molar-refractivity contribution < 1.29 is 27.1 Å². The third kappa shape index (κ3) is 4.20. The van der Waals surface area contributed by atoms with Gasteiger partial charge in [0.25, 0.3) is 0 Å². The Morgan fingerprint density at radius 1 is 1.22 bits per heavy atom. The van der Waals surface area contributed by atoms with Crippen molar-refractivity contribution in [2.75, 3.05) is 20.2 Å². The van der Waals surface area contributed by atoms with E-state index in [9.17, 15) is 18.0 Å². The molecule has 0 spiro atoms. The lowest BCUT2D eigenvalue weighted by Gasteiger charge is -2.17. The van der Waals surface area contributed by atoms with Gasteiger partial charge < -0.3 is 13.9 Å². The van der Waals surface area contributed by atoms with Gasteiger partial charge in [-0.15, -0.1) is 0 Å². The summed E-state index contributed by atoms with van der Waals surface area (Å²) in [5.41, 5.74) is -0.240. The van der Waals surface area contributed by atoms with Crippen molar-refractivity contribution in [2.24, 2.45) is 0 Å². The van der Waals surface area contributed by atoms with E-state index in [-0.39, 0.29) is 23.1 Å². The van der Waals surface area contributed by atoms with Crippen LogP contribution in [-0.4, -0.2) is 45.0 Å². The molecular weight excluding hydrogens is 374 g/mol. The normalized spacial score (nSPS) is 17.6. The molecule has 1 unspecified atom stereocenters. The average molecular weight is 393 g/mol. The van der Waals surface area contributed by atoms with Crippen LogP contribution >= 0.6 is 0 Å². The third-order valence-electron chi connectivity index (χ3n) is 4.19. The SMILES string of the molecule is COC(=O)c1ccc(S(=O)(=O)N2CCC(Oc3cc(C)oc(=O)c3)C2)cc1. The first-order valence-corrected chi connectivity index (χ1v) is 9.70. The molecule has 0 bridgehead atoms. The number of hydrogen-bond donors (Lipinski definition) is 0. The Morgan fingerprint density at radius 3 is 2.56 bits per heavy atom. The van der Waals surface area contributed by atoms with Gasteiger partial charge in [-0.3, -0.25) is 0 Å². The van der Waals surface area contributed by atoms with Crippen molar-refractivity contribution in [2.45, 2.75) is 24.3 Å². The molecule has 1 aromatic heterocycles. The molecule has 8 nitrogen and oxygen atoms in total. The smallest absolute Gasteiger partial charge is 0.339 e. The molecule has 2 aromatic rings. The number of hydrogen-bond acceptors (Lipinski definition) is 7. The van der Waals surface area contributed by atoms with Gasteiger partial charge in [0.1, 0.15) is 17.6 Å². The fourth-order valence-corrected chi connectivity index (χ4v) is 4.36. The maximum Gasteiger partial charge on any atom is 0.339 e. The minimum Gasteiger partial charge on any atom is -0.489 e. The molecular formula is C18H19NO7S. The molecule has 0 amide bonds. The number of rotatable bonds is 5. The molecule has 1 atom stereocenters. The van der Waals surface area contributed by atoms with Crippen molar-refractivity contribution >= 4 is 16.0 Å². The zero-order valence-corrected chi connectivity index (χ0v) is 15.7. The van der Waals surface area contributed by atoms with Gasteiger partial charge in [0.05, 0.1) is 30.2 Å². The van der Waals surface area contributed by atoms with Crippen molar-refractivity contribution in [3.05, 3.63) is 58.1 Å². The highest BCUT2D eigenvalue weighted by atomic mass is 32.2. The van der Waals surface area contributed by atoms with Crippen molar-refractivity contribution in [3.8, 4) is 5.75 Å². The standard InChI is InChI=1S/C18H19NO7S/c1-12-9-15(10-17(20)25-12)26-14-7-8-19(11-14)27(22,23)16-5-3-13(4-6-16)18(21)24-2/h3-6,9-10,14H,7-8,11H2,1-2H3. The van der Waals surface area contributed by atoms with E-state index in [1.54, 1.807) is 13.0 Å². The Balaban J connectivity index is 1.71. The minimum absolute atomic E-state index is 0.0898. The fourth-order valence-electron chi connectivity index (χ4n) is 2.88. The number of methoxy groups -OCH3 is 1. The molecule has 0 saturated carbocycles. The number of sulfonamides is 1. The molecule has 2 heterocycles. The largest absolute Gasteiger partial charge is 0.489 e. The molecule has 1 aromatic carbocycles. The van der Waals surface area contributed by atoms with Gasteiger partial charge in [-0.1, -0.05) is 0 Å². The van der Waals surface area contributed by atoms with Gasteiger partial charge in [-0.05, 0) is 37.6 Å². The van der Waals surface area contributed by atoms with E-state index in [1.807, 2.05) is 0 Å². The van der Waals surface area contributed by atoms with E-state index in [1.165, 1.54) is 41.7 Å². The zero-order valence-electron chi connectivity index (χ0n) is 14.9. The summed E-state index contributed by atoms with van der Waals surface area (Å²) in [5.74, 6) is 0.248. The number of carbonyl (C=O) groups is 1. The molecule has 0 radical (unpaired) electrons. The summed E-state index contributed by atoms with van der Waals surface area (Å²) < 4.78 is 42.1. The van der Waals surface area contributed by atoms with Crippen LogP contribution in [0, 0.1) is 6.92 Å². The summed E-state index contributed by atoms with van der Waals surface area (Å²) in [6, 6.07) is 8.40. The summed E-state index contributed by atoms with van der Waals surface area (Å²) in [6.45, 7) is 2.10. The van der Waals surface area contributed by atoms with Crippen LogP contribution in [0.5, 0.6) is 5.75 Å². The zero-order chi connectivity index (χ0) is 19.6. The van der Waals surface area contributed by atoms with Crippen LogP contribution in [0.25, 0.3) is 0 Å². The number of ether oxygens (including phenoxy) is 2. The summed E-state index contributed by atoms with van der Waals surface area (Å²) in [7, 11) is -2.45. The summed E-state index contributed by atoms with van der Waals surface area (Å²) in [5, 5.41) is 0. The Hall–Kier alpha value is -2.65. The summed E-state index contributed by atoms with van der Waals surface area (Å²) in [6.07, 6.45) is 0.133. The van der Waals surface area contributed by atoms with Gasteiger partial charge in [0, 0.05) is 12.6 Å². The van der Waals surface area contributed by atoms with Crippen LogP contribution in [0.2, 0.25) is 0 Å². The van der Waals surface area contributed by atoms with Crippen LogP contribution in [0.4, 0.5) is 0 Å². The second kappa shape index (κ2) is 7.53. The molecule has 3 rings (SSSR count). The van der Waals surface area contributed by atoms with Crippen LogP contribution in [0.3, 0.4) is 0 Å². The van der Waals surface area contributed by atoms with Gasteiger partial charge >= 0.3 is 11.6 Å².